The van der Waals surface area contributed by atoms with E-state index in [1.54, 1.807) is 18.2 Å². The molecule has 8 heteroatoms. The first-order valence-electron chi connectivity index (χ1n) is 9.81. The van der Waals surface area contributed by atoms with Crippen LogP contribution in [0.3, 0.4) is 0 Å². The van der Waals surface area contributed by atoms with Crippen molar-refractivity contribution < 1.29 is 13.9 Å². The molecule has 29 heavy (non-hydrogen) atoms. The summed E-state index contributed by atoms with van der Waals surface area (Å²) in [5.74, 6) is 1.96. The highest BCUT2D eigenvalue weighted by Crippen LogP contribution is 2.39. The normalized spacial score (nSPS) is 17.1. The van der Waals surface area contributed by atoms with E-state index < -0.39 is 0 Å². The predicted octanol–water partition coefficient (Wildman–Crippen LogP) is 3.10. The van der Waals surface area contributed by atoms with Gasteiger partial charge in [-0.15, -0.1) is 0 Å². The molecule has 1 amide bonds. The fourth-order valence-corrected chi connectivity index (χ4v) is 3.68. The molecule has 3 aromatic rings. The number of hydrogen-bond acceptors (Lipinski definition) is 7. The molecule has 0 bridgehead atoms. The average molecular weight is 393 g/mol. The number of carbonyl (C=O) groups excluding carboxylic acids is 1. The zero-order valence-corrected chi connectivity index (χ0v) is 16.8. The second-order valence-electron chi connectivity index (χ2n) is 8.13. The maximum atomic E-state index is 13.2. The van der Waals surface area contributed by atoms with E-state index in [-0.39, 0.29) is 17.3 Å². The molecule has 1 aliphatic carbocycles. The molecule has 8 nitrogen and oxygen atoms in total. The van der Waals surface area contributed by atoms with Gasteiger partial charge in [-0.25, -0.2) is 9.97 Å². The Balaban J connectivity index is 1.46. The number of ether oxygens (including phenoxy) is 1. The summed E-state index contributed by atoms with van der Waals surface area (Å²) >= 11 is 0. The molecule has 1 saturated carbocycles. The summed E-state index contributed by atoms with van der Waals surface area (Å²) in [4.78, 5) is 28.2. The van der Waals surface area contributed by atoms with E-state index in [4.69, 9.17) is 9.15 Å². The van der Waals surface area contributed by atoms with Crippen molar-refractivity contribution in [2.24, 2.45) is 0 Å². The topological polar surface area (TPSA) is 93.4 Å². The van der Waals surface area contributed by atoms with Crippen molar-refractivity contribution in [2.75, 3.05) is 19.0 Å². The van der Waals surface area contributed by atoms with Crippen LogP contribution in [0, 0.1) is 6.92 Å². The summed E-state index contributed by atoms with van der Waals surface area (Å²) in [6, 6.07) is 3.84. The molecule has 1 aliphatic heterocycles. The number of nitrogens with zero attached hydrogens (tertiary/aromatic N) is 4. The smallest absolute Gasteiger partial charge is 0.292 e. The van der Waals surface area contributed by atoms with E-state index in [9.17, 15) is 4.79 Å². The second kappa shape index (κ2) is 6.43. The van der Waals surface area contributed by atoms with Crippen molar-refractivity contribution in [3.63, 3.8) is 0 Å². The van der Waals surface area contributed by atoms with Gasteiger partial charge in [0, 0.05) is 30.9 Å². The number of rotatable bonds is 4. The Morgan fingerprint density at radius 1 is 1.28 bits per heavy atom. The SMILES string of the molecule is COc1cc2c(cn1)CN(C(=O)c1nc(NC3(C)CC3)c3cc(C)oc3n1)CC2. The molecule has 2 aliphatic rings. The van der Waals surface area contributed by atoms with Crippen LogP contribution in [0.25, 0.3) is 11.1 Å². The second-order valence-corrected chi connectivity index (χ2v) is 8.13. The van der Waals surface area contributed by atoms with Crippen LogP contribution in [-0.2, 0) is 13.0 Å². The zero-order chi connectivity index (χ0) is 20.2. The average Bonchev–Trinajstić information content (AvgIpc) is 3.32. The van der Waals surface area contributed by atoms with Crippen LogP contribution in [-0.4, -0.2) is 45.0 Å². The lowest BCUT2D eigenvalue weighted by atomic mass is 10.0. The van der Waals surface area contributed by atoms with Gasteiger partial charge in [0.2, 0.25) is 17.4 Å². The Morgan fingerprint density at radius 3 is 2.86 bits per heavy atom. The van der Waals surface area contributed by atoms with Crippen LogP contribution >= 0.6 is 0 Å². The number of methoxy groups -OCH3 is 1. The summed E-state index contributed by atoms with van der Waals surface area (Å²) in [6.07, 6.45) is 4.68. The van der Waals surface area contributed by atoms with Crippen molar-refractivity contribution in [3.8, 4) is 5.88 Å². The molecule has 0 aromatic carbocycles. The largest absolute Gasteiger partial charge is 0.481 e. The fourth-order valence-electron chi connectivity index (χ4n) is 3.68. The van der Waals surface area contributed by atoms with Crippen LogP contribution in [0.15, 0.2) is 22.7 Å². The molecule has 0 unspecified atom stereocenters. The van der Waals surface area contributed by atoms with Gasteiger partial charge in [0.15, 0.2) is 0 Å². The number of aromatic nitrogens is 3. The molecule has 1 fully saturated rings. The summed E-state index contributed by atoms with van der Waals surface area (Å²) in [5.41, 5.74) is 2.64. The Kier molecular flexibility index (Phi) is 3.97. The van der Waals surface area contributed by atoms with Crippen LogP contribution in [0.4, 0.5) is 5.82 Å². The Hall–Kier alpha value is -3.16. The molecular weight excluding hydrogens is 370 g/mol. The molecule has 150 valence electrons. The zero-order valence-electron chi connectivity index (χ0n) is 16.8. The molecule has 0 spiro atoms. The molecule has 3 aromatic heterocycles. The third-order valence-electron chi connectivity index (χ3n) is 5.69. The summed E-state index contributed by atoms with van der Waals surface area (Å²) < 4.78 is 10.9. The number of anilines is 1. The molecule has 0 saturated heterocycles. The predicted molar refractivity (Wildman–Crippen MR) is 107 cm³/mol. The van der Waals surface area contributed by atoms with Crippen molar-refractivity contribution in [3.05, 3.63) is 41.0 Å². The van der Waals surface area contributed by atoms with Gasteiger partial charge in [-0.2, -0.15) is 4.98 Å². The number of hydrogen-bond donors (Lipinski definition) is 1. The first-order valence-corrected chi connectivity index (χ1v) is 9.81. The highest BCUT2D eigenvalue weighted by Gasteiger charge is 2.38. The molecular formula is C21H23N5O3. The number of fused-ring (bicyclic) bond motifs is 2. The quantitative estimate of drug-likeness (QED) is 0.728. The molecule has 0 radical (unpaired) electrons. The molecule has 0 atom stereocenters. The lowest BCUT2D eigenvalue weighted by Crippen LogP contribution is -2.37. The molecule has 4 heterocycles. The maximum Gasteiger partial charge on any atom is 0.292 e. The first-order chi connectivity index (χ1) is 13.9. The van der Waals surface area contributed by atoms with Crippen LogP contribution in [0.5, 0.6) is 5.88 Å². The summed E-state index contributed by atoms with van der Waals surface area (Å²) in [7, 11) is 1.60. The van der Waals surface area contributed by atoms with Gasteiger partial charge < -0.3 is 19.4 Å². The maximum absolute atomic E-state index is 13.2. The highest BCUT2D eigenvalue weighted by atomic mass is 16.5. The number of carbonyl (C=O) groups is 1. The van der Waals surface area contributed by atoms with Crippen molar-refractivity contribution in [1.29, 1.82) is 0 Å². The molecule has 1 N–H and O–H groups in total. The lowest BCUT2D eigenvalue weighted by molar-refractivity contribution is 0.0722. The minimum Gasteiger partial charge on any atom is -0.481 e. The number of nitrogens with one attached hydrogen (secondary N) is 1. The van der Waals surface area contributed by atoms with Gasteiger partial charge in [-0.3, -0.25) is 4.79 Å². The molecule has 5 rings (SSSR count). The third kappa shape index (κ3) is 3.28. The Labute approximate surface area is 168 Å². The minimum absolute atomic E-state index is 0.0293. The highest BCUT2D eigenvalue weighted by molar-refractivity contribution is 5.95. The lowest BCUT2D eigenvalue weighted by Gasteiger charge is -2.28. The number of amides is 1. The van der Waals surface area contributed by atoms with Crippen molar-refractivity contribution in [1.82, 2.24) is 19.9 Å². The summed E-state index contributed by atoms with van der Waals surface area (Å²) in [5, 5.41) is 4.28. The van der Waals surface area contributed by atoms with Gasteiger partial charge in [0.25, 0.3) is 5.91 Å². The van der Waals surface area contributed by atoms with Crippen LogP contribution < -0.4 is 10.1 Å². The van der Waals surface area contributed by atoms with E-state index in [2.05, 4.69) is 27.2 Å². The van der Waals surface area contributed by atoms with E-state index in [1.165, 1.54) is 0 Å². The van der Waals surface area contributed by atoms with Gasteiger partial charge in [0.1, 0.15) is 11.6 Å². The third-order valence-corrected chi connectivity index (χ3v) is 5.69. The van der Waals surface area contributed by atoms with E-state index >= 15 is 0 Å². The Bertz CT molecular complexity index is 1120. The van der Waals surface area contributed by atoms with Gasteiger partial charge in [0.05, 0.1) is 12.5 Å². The Morgan fingerprint density at radius 2 is 2.10 bits per heavy atom. The number of pyridine rings is 1. The van der Waals surface area contributed by atoms with Crippen LogP contribution in [0.2, 0.25) is 0 Å². The monoisotopic (exact) mass is 393 g/mol. The van der Waals surface area contributed by atoms with Crippen molar-refractivity contribution in [2.45, 2.75) is 45.2 Å². The minimum atomic E-state index is -0.202. The van der Waals surface area contributed by atoms with Crippen LogP contribution in [0.1, 0.15) is 47.3 Å². The van der Waals surface area contributed by atoms with Crippen molar-refractivity contribution >= 4 is 22.8 Å². The van der Waals surface area contributed by atoms with Gasteiger partial charge in [-0.1, -0.05) is 0 Å². The standard InChI is InChI=1S/C21H23N5O3/c1-12-8-15-17(25-21(2)5-6-21)23-18(24-19(15)29-12)20(27)26-7-4-13-9-16(28-3)22-10-14(13)11-26/h8-10H,4-7,11H2,1-3H3,(H,23,24,25). The first kappa shape index (κ1) is 17.9. The number of furan rings is 1. The van der Waals surface area contributed by atoms with E-state index in [0.717, 1.165) is 41.5 Å². The van der Waals surface area contributed by atoms with E-state index in [1.807, 2.05) is 19.1 Å². The number of aryl methyl sites for hydroxylation is 1. The van der Waals surface area contributed by atoms with E-state index in [0.29, 0.717) is 30.5 Å². The van der Waals surface area contributed by atoms with Gasteiger partial charge >= 0.3 is 0 Å². The summed E-state index contributed by atoms with van der Waals surface area (Å²) in [6.45, 7) is 5.09. The fraction of sp³-hybridized carbons (Fsp3) is 0.429. The van der Waals surface area contributed by atoms with Gasteiger partial charge in [-0.05, 0) is 50.3 Å².